The summed E-state index contributed by atoms with van der Waals surface area (Å²) in [5.41, 5.74) is 1.09. The molecule has 1 heterocycles. The number of carbonyl (C=O) groups excluding carboxylic acids is 1. The maximum Gasteiger partial charge on any atom is 0.315 e. The summed E-state index contributed by atoms with van der Waals surface area (Å²) in [5.74, 6) is 0. The molecule has 1 aliphatic heterocycles. The second-order valence-corrected chi connectivity index (χ2v) is 6.21. The fourth-order valence-electron chi connectivity index (χ4n) is 2.58. The number of likely N-dealkylation sites (N-methyl/N-ethyl adjacent to an activating group) is 1. The van der Waals surface area contributed by atoms with Gasteiger partial charge < -0.3 is 20.3 Å². The van der Waals surface area contributed by atoms with Crippen LogP contribution in [0.2, 0.25) is 5.02 Å². The molecule has 0 aliphatic carbocycles. The van der Waals surface area contributed by atoms with Gasteiger partial charge in [-0.2, -0.15) is 0 Å². The van der Waals surface area contributed by atoms with Crippen LogP contribution >= 0.6 is 11.6 Å². The third kappa shape index (κ3) is 5.16. The number of hydrogen-bond donors (Lipinski definition) is 2. The first-order valence-corrected chi connectivity index (χ1v) is 7.98. The van der Waals surface area contributed by atoms with Gasteiger partial charge in [-0.1, -0.05) is 23.7 Å². The average molecular weight is 326 g/mol. The van der Waals surface area contributed by atoms with Gasteiger partial charge in [-0.25, -0.2) is 4.79 Å². The van der Waals surface area contributed by atoms with Crippen LogP contribution in [-0.4, -0.2) is 50.8 Å². The van der Waals surface area contributed by atoms with Crippen molar-refractivity contribution in [2.45, 2.75) is 24.9 Å². The Balaban J connectivity index is 1.87. The molecule has 0 aromatic heterocycles. The monoisotopic (exact) mass is 325 g/mol. The molecule has 2 N–H and O–H groups in total. The Labute approximate surface area is 137 Å². The van der Waals surface area contributed by atoms with Crippen LogP contribution in [0.5, 0.6) is 0 Å². The highest BCUT2D eigenvalue weighted by molar-refractivity contribution is 6.30. The normalized spacial score (nSPS) is 17.3. The standard InChI is InChI=1S/C16H24ClN3O2/c1-20(2)15(12-4-3-5-13(17)10-12)11-18-16(21)19-14-6-8-22-9-7-14/h3-5,10,14-15H,6-9,11H2,1-2H3,(H2,18,19,21). The van der Waals surface area contributed by atoms with Crippen molar-refractivity contribution >= 4 is 17.6 Å². The third-order valence-corrected chi connectivity index (χ3v) is 4.10. The van der Waals surface area contributed by atoms with Gasteiger partial charge in [-0.3, -0.25) is 0 Å². The number of nitrogens with zero attached hydrogens (tertiary/aromatic N) is 1. The zero-order chi connectivity index (χ0) is 15.9. The molecular weight excluding hydrogens is 302 g/mol. The van der Waals surface area contributed by atoms with E-state index in [9.17, 15) is 4.79 Å². The van der Waals surface area contributed by atoms with Gasteiger partial charge in [-0.15, -0.1) is 0 Å². The second kappa shape index (κ2) is 8.36. The minimum atomic E-state index is -0.124. The van der Waals surface area contributed by atoms with E-state index in [1.165, 1.54) is 0 Å². The molecule has 1 aromatic carbocycles. The molecule has 0 radical (unpaired) electrons. The molecule has 2 amide bonds. The summed E-state index contributed by atoms with van der Waals surface area (Å²) < 4.78 is 5.29. The summed E-state index contributed by atoms with van der Waals surface area (Å²) in [5, 5.41) is 6.66. The molecule has 2 rings (SSSR count). The fraction of sp³-hybridized carbons (Fsp3) is 0.562. The van der Waals surface area contributed by atoms with Crippen molar-refractivity contribution in [3.8, 4) is 0 Å². The minimum Gasteiger partial charge on any atom is -0.381 e. The zero-order valence-corrected chi connectivity index (χ0v) is 13.9. The van der Waals surface area contributed by atoms with Crippen molar-refractivity contribution in [2.24, 2.45) is 0 Å². The van der Waals surface area contributed by atoms with E-state index in [0.29, 0.717) is 24.8 Å². The molecule has 22 heavy (non-hydrogen) atoms. The number of benzene rings is 1. The lowest BCUT2D eigenvalue weighted by Gasteiger charge is -2.27. The maximum atomic E-state index is 12.0. The molecule has 1 atom stereocenters. The Morgan fingerprint density at radius 1 is 1.41 bits per heavy atom. The van der Waals surface area contributed by atoms with Gasteiger partial charge in [0, 0.05) is 30.8 Å². The Kier molecular flexibility index (Phi) is 6.49. The van der Waals surface area contributed by atoms with Crippen LogP contribution in [-0.2, 0) is 4.74 Å². The zero-order valence-electron chi connectivity index (χ0n) is 13.1. The summed E-state index contributed by atoms with van der Waals surface area (Å²) in [7, 11) is 3.98. The number of ether oxygens (including phenoxy) is 1. The van der Waals surface area contributed by atoms with Gasteiger partial charge in [-0.05, 0) is 44.6 Å². The number of nitrogens with one attached hydrogen (secondary N) is 2. The van der Waals surface area contributed by atoms with Gasteiger partial charge in [0.2, 0.25) is 0 Å². The molecule has 0 spiro atoms. The van der Waals surface area contributed by atoms with Gasteiger partial charge in [0.15, 0.2) is 0 Å². The highest BCUT2D eigenvalue weighted by Crippen LogP contribution is 2.20. The molecule has 1 unspecified atom stereocenters. The molecule has 1 aliphatic rings. The summed E-state index contributed by atoms with van der Waals surface area (Å²) in [6.45, 7) is 1.96. The van der Waals surface area contributed by atoms with E-state index < -0.39 is 0 Å². The lowest BCUT2D eigenvalue weighted by Crippen LogP contribution is -2.46. The van der Waals surface area contributed by atoms with Crippen molar-refractivity contribution in [1.82, 2.24) is 15.5 Å². The van der Waals surface area contributed by atoms with Crippen LogP contribution in [0.15, 0.2) is 24.3 Å². The van der Waals surface area contributed by atoms with Crippen molar-refractivity contribution in [2.75, 3.05) is 33.9 Å². The van der Waals surface area contributed by atoms with E-state index in [0.717, 1.165) is 18.4 Å². The Bertz CT molecular complexity index is 490. The topological polar surface area (TPSA) is 53.6 Å². The summed E-state index contributed by atoms with van der Waals surface area (Å²) in [4.78, 5) is 14.1. The third-order valence-electron chi connectivity index (χ3n) is 3.87. The highest BCUT2D eigenvalue weighted by atomic mass is 35.5. The fourth-order valence-corrected chi connectivity index (χ4v) is 2.78. The van der Waals surface area contributed by atoms with E-state index in [2.05, 4.69) is 15.5 Å². The number of amides is 2. The van der Waals surface area contributed by atoms with E-state index in [1.54, 1.807) is 0 Å². The van der Waals surface area contributed by atoms with E-state index in [4.69, 9.17) is 16.3 Å². The molecule has 6 heteroatoms. The Morgan fingerprint density at radius 3 is 2.77 bits per heavy atom. The van der Waals surface area contributed by atoms with Crippen LogP contribution < -0.4 is 10.6 Å². The van der Waals surface area contributed by atoms with Gasteiger partial charge in [0.05, 0.1) is 6.04 Å². The SMILES string of the molecule is CN(C)C(CNC(=O)NC1CCOCC1)c1cccc(Cl)c1. The van der Waals surface area contributed by atoms with Crippen LogP contribution in [0, 0.1) is 0 Å². The first-order chi connectivity index (χ1) is 10.6. The van der Waals surface area contributed by atoms with Crippen LogP contribution in [0.4, 0.5) is 4.79 Å². The van der Waals surface area contributed by atoms with E-state index in [1.807, 2.05) is 38.4 Å². The van der Waals surface area contributed by atoms with Crippen LogP contribution in [0.25, 0.3) is 0 Å². The maximum absolute atomic E-state index is 12.0. The highest BCUT2D eigenvalue weighted by Gasteiger charge is 2.18. The summed E-state index contributed by atoms with van der Waals surface area (Å²) >= 11 is 6.06. The van der Waals surface area contributed by atoms with Crippen LogP contribution in [0.1, 0.15) is 24.4 Å². The van der Waals surface area contributed by atoms with Crippen molar-refractivity contribution < 1.29 is 9.53 Å². The van der Waals surface area contributed by atoms with E-state index in [-0.39, 0.29) is 18.1 Å². The van der Waals surface area contributed by atoms with Gasteiger partial charge >= 0.3 is 6.03 Å². The van der Waals surface area contributed by atoms with Crippen molar-refractivity contribution in [3.05, 3.63) is 34.9 Å². The predicted octanol–water partition coefficient (Wildman–Crippen LogP) is 2.42. The quantitative estimate of drug-likeness (QED) is 0.874. The minimum absolute atomic E-state index is 0.0825. The van der Waals surface area contributed by atoms with Crippen molar-refractivity contribution in [3.63, 3.8) is 0 Å². The first-order valence-electron chi connectivity index (χ1n) is 7.60. The molecule has 1 saturated heterocycles. The average Bonchev–Trinajstić information content (AvgIpc) is 2.48. The molecule has 0 bridgehead atoms. The number of rotatable bonds is 5. The predicted molar refractivity (Wildman–Crippen MR) is 88.3 cm³/mol. The lowest BCUT2D eigenvalue weighted by molar-refractivity contribution is 0.0800. The molecule has 1 aromatic rings. The molecule has 0 saturated carbocycles. The number of urea groups is 1. The van der Waals surface area contributed by atoms with Crippen LogP contribution in [0.3, 0.4) is 0 Å². The van der Waals surface area contributed by atoms with Gasteiger partial charge in [0.1, 0.15) is 0 Å². The Hall–Kier alpha value is -1.30. The second-order valence-electron chi connectivity index (χ2n) is 5.78. The lowest BCUT2D eigenvalue weighted by atomic mass is 10.1. The number of carbonyl (C=O) groups is 1. The van der Waals surface area contributed by atoms with E-state index >= 15 is 0 Å². The largest absolute Gasteiger partial charge is 0.381 e. The smallest absolute Gasteiger partial charge is 0.315 e. The molecule has 122 valence electrons. The number of hydrogen-bond acceptors (Lipinski definition) is 3. The molecular formula is C16H24ClN3O2. The number of halogens is 1. The summed E-state index contributed by atoms with van der Waals surface area (Å²) in [6, 6.07) is 7.90. The summed E-state index contributed by atoms with van der Waals surface area (Å²) in [6.07, 6.45) is 1.75. The first kappa shape index (κ1) is 17.1. The van der Waals surface area contributed by atoms with Crippen molar-refractivity contribution in [1.29, 1.82) is 0 Å². The molecule has 1 fully saturated rings. The molecule has 5 nitrogen and oxygen atoms in total. The Morgan fingerprint density at radius 2 is 2.14 bits per heavy atom. The van der Waals surface area contributed by atoms with Gasteiger partial charge in [0.25, 0.3) is 0 Å².